The molecule has 53 heavy (non-hydrogen) atoms. The number of ether oxygens (including phenoxy) is 2. The Balaban J connectivity index is 2.27. The van der Waals surface area contributed by atoms with Crippen LogP contribution in [-0.4, -0.2) is 68.3 Å². The van der Waals surface area contributed by atoms with Crippen LogP contribution in [0.3, 0.4) is 0 Å². The number of aromatic nitrogens is 1. The standard InChI is InChI=1S/C43H60N4O6/c1-9-11-12-15-34-41(32(14-13-18-44)16-19-45-43(51)29(6)46-40(50)21-27(3)4)36-24-39-33(17-20-53-39)23-38(36)47-42(34)28(5)22-35(31(10-2)25-48)37(26-52-8)30(7)49/h22-25,27,29,31-32H,9-12,15-21,26,44H2,1-8H3,(H,45,51)(H,46,50)/b28-22+,37-35+. The molecule has 0 bridgehead atoms. The Bertz CT molecular complexity index is 1750. The van der Waals surface area contributed by atoms with E-state index in [2.05, 4.69) is 41.5 Å². The van der Waals surface area contributed by atoms with E-state index >= 15 is 0 Å². The first-order valence-electron chi connectivity index (χ1n) is 19.1. The number of carbonyl (C=O) groups is 4. The Morgan fingerprint density at radius 2 is 1.89 bits per heavy atom. The van der Waals surface area contributed by atoms with Gasteiger partial charge in [-0.3, -0.25) is 14.4 Å². The number of pyridine rings is 1. The molecule has 0 saturated carbocycles. The summed E-state index contributed by atoms with van der Waals surface area (Å²) in [5, 5.41) is 6.75. The van der Waals surface area contributed by atoms with Crippen LogP contribution >= 0.6 is 0 Å². The van der Waals surface area contributed by atoms with Crippen LogP contribution in [0.4, 0.5) is 0 Å². The number of benzene rings is 1. The summed E-state index contributed by atoms with van der Waals surface area (Å²) in [7, 11) is 1.54. The van der Waals surface area contributed by atoms with Crippen molar-refractivity contribution < 1.29 is 28.7 Å². The molecule has 2 aromatic rings. The first-order chi connectivity index (χ1) is 25.4. The van der Waals surface area contributed by atoms with E-state index in [0.717, 1.165) is 83.0 Å². The van der Waals surface area contributed by atoms with Crippen LogP contribution in [0.25, 0.3) is 16.5 Å². The molecule has 10 nitrogen and oxygen atoms in total. The van der Waals surface area contributed by atoms with E-state index in [1.807, 2.05) is 33.8 Å². The number of aldehydes is 1. The van der Waals surface area contributed by atoms with E-state index in [0.29, 0.717) is 43.6 Å². The van der Waals surface area contributed by atoms with E-state index < -0.39 is 12.0 Å². The second-order valence-electron chi connectivity index (χ2n) is 14.3. The van der Waals surface area contributed by atoms with E-state index in [9.17, 15) is 19.2 Å². The van der Waals surface area contributed by atoms with Gasteiger partial charge in [0.05, 0.1) is 31.0 Å². The van der Waals surface area contributed by atoms with Crippen LogP contribution in [0.15, 0.2) is 29.4 Å². The zero-order chi connectivity index (χ0) is 39.1. The number of nitrogens with two attached hydrogens (primary N) is 1. The second-order valence-corrected chi connectivity index (χ2v) is 14.3. The number of hydrogen-bond acceptors (Lipinski definition) is 8. The lowest BCUT2D eigenvalue weighted by molar-refractivity contribution is -0.128. The van der Waals surface area contributed by atoms with E-state index in [1.54, 1.807) is 14.0 Å². The highest BCUT2D eigenvalue weighted by Gasteiger charge is 2.26. The Morgan fingerprint density at radius 3 is 2.51 bits per heavy atom. The highest BCUT2D eigenvalue weighted by atomic mass is 16.5. The van der Waals surface area contributed by atoms with Crippen molar-refractivity contribution in [2.75, 3.05) is 33.4 Å². The first kappa shape index (κ1) is 43.1. The summed E-state index contributed by atoms with van der Waals surface area (Å²) in [4.78, 5) is 56.0. The third-order valence-corrected chi connectivity index (χ3v) is 9.61. The summed E-state index contributed by atoms with van der Waals surface area (Å²) in [6.07, 6.45) is 8.65. The molecule has 1 aliphatic rings. The second kappa shape index (κ2) is 21.4. The minimum absolute atomic E-state index is 0.0905. The number of methoxy groups -OCH3 is 1. The fourth-order valence-electron chi connectivity index (χ4n) is 6.87. The average molecular weight is 729 g/mol. The molecule has 0 saturated heterocycles. The number of unbranched alkanes of at least 4 members (excludes halogenated alkanes) is 2. The van der Waals surface area contributed by atoms with Gasteiger partial charge in [0.25, 0.3) is 0 Å². The number of rotatable bonds is 20. The number of nitrogens with one attached hydrogen (secondary N) is 2. The van der Waals surface area contributed by atoms with E-state index in [1.165, 1.54) is 6.92 Å². The molecule has 0 fully saturated rings. The summed E-state index contributed by atoms with van der Waals surface area (Å²) in [5.41, 5.74) is 12.6. The fourth-order valence-corrected chi connectivity index (χ4v) is 6.87. The van der Waals surface area contributed by atoms with Crippen LogP contribution in [0.2, 0.25) is 0 Å². The Labute approximate surface area is 316 Å². The molecule has 0 aliphatic carbocycles. The number of amides is 2. The van der Waals surface area contributed by atoms with Crippen molar-refractivity contribution in [3.05, 3.63) is 51.7 Å². The molecule has 10 heteroatoms. The molecular weight excluding hydrogens is 668 g/mol. The maximum absolute atomic E-state index is 13.1. The molecule has 3 unspecified atom stereocenters. The number of ketones is 1. The lowest BCUT2D eigenvalue weighted by Crippen LogP contribution is -2.45. The maximum Gasteiger partial charge on any atom is 0.242 e. The third kappa shape index (κ3) is 11.8. The summed E-state index contributed by atoms with van der Waals surface area (Å²) in [5.74, 6) is 6.16. The Kier molecular flexibility index (Phi) is 17.4. The summed E-state index contributed by atoms with van der Waals surface area (Å²) < 4.78 is 11.5. The van der Waals surface area contributed by atoms with Crippen molar-refractivity contribution in [1.29, 1.82) is 0 Å². The van der Waals surface area contributed by atoms with Crippen molar-refractivity contribution in [3.63, 3.8) is 0 Å². The Hall–Kier alpha value is -4.33. The summed E-state index contributed by atoms with van der Waals surface area (Å²) in [6, 6.07) is 3.48. The van der Waals surface area contributed by atoms with E-state index in [-0.39, 0.29) is 42.6 Å². The van der Waals surface area contributed by atoms with Gasteiger partial charge in [0, 0.05) is 49.3 Å². The molecule has 3 rings (SSSR count). The molecular formula is C43H60N4O6. The first-order valence-corrected chi connectivity index (χ1v) is 19.1. The van der Waals surface area contributed by atoms with Crippen LogP contribution in [0, 0.1) is 23.7 Å². The molecule has 2 heterocycles. The predicted octanol–water partition coefficient (Wildman–Crippen LogP) is 6.17. The van der Waals surface area contributed by atoms with Gasteiger partial charge in [-0.25, -0.2) is 4.98 Å². The molecule has 1 aromatic carbocycles. The SMILES string of the molecule is CCCCCc1c(/C(C)=C/C(=C(/COC)C(C)=O)C(C=O)CC)nc2cc3c(cc2c1C(C#CCN)CCNC(=O)C(C)NC(=O)CC(C)C)OCC3. The van der Waals surface area contributed by atoms with Gasteiger partial charge in [0.15, 0.2) is 5.78 Å². The molecule has 288 valence electrons. The molecule has 1 aliphatic heterocycles. The molecule has 2 amide bonds. The van der Waals surface area contributed by atoms with Gasteiger partial charge in [0.1, 0.15) is 18.1 Å². The number of Topliss-reactive ketones (excluding diaryl/α,β-unsaturated/α-hetero) is 1. The fraction of sp³-hybridized carbons (Fsp3) is 0.558. The van der Waals surface area contributed by atoms with Gasteiger partial charge in [0.2, 0.25) is 11.8 Å². The zero-order valence-corrected chi connectivity index (χ0v) is 33.1. The van der Waals surface area contributed by atoms with Gasteiger partial charge >= 0.3 is 0 Å². The minimum atomic E-state index is -0.682. The quantitative estimate of drug-likeness (QED) is 0.0482. The summed E-state index contributed by atoms with van der Waals surface area (Å²) >= 11 is 0. The normalized spacial score (nSPS) is 14.7. The van der Waals surface area contributed by atoms with Gasteiger partial charge in [-0.05, 0) is 92.3 Å². The van der Waals surface area contributed by atoms with Crippen LogP contribution < -0.4 is 21.1 Å². The van der Waals surface area contributed by atoms with Crippen LogP contribution in [-0.2, 0) is 36.8 Å². The molecule has 3 atom stereocenters. The number of hydrogen-bond donors (Lipinski definition) is 3. The van der Waals surface area contributed by atoms with Gasteiger partial charge in [-0.1, -0.05) is 58.5 Å². The zero-order valence-electron chi connectivity index (χ0n) is 33.1. The molecule has 1 aromatic heterocycles. The van der Waals surface area contributed by atoms with Crippen LogP contribution in [0.5, 0.6) is 5.75 Å². The van der Waals surface area contributed by atoms with Crippen molar-refractivity contribution >= 4 is 40.4 Å². The number of nitrogens with zero attached hydrogens (tertiary/aromatic N) is 1. The molecule has 0 spiro atoms. The van der Waals surface area contributed by atoms with Gasteiger partial charge < -0.3 is 30.6 Å². The number of fused-ring (bicyclic) bond motifs is 2. The topological polar surface area (TPSA) is 150 Å². The largest absolute Gasteiger partial charge is 0.493 e. The molecule has 0 radical (unpaired) electrons. The average Bonchev–Trinajstić information content (AvgIpc) is 3.57. The third-order valence-electron chi connectivity index (χ3n) is 9.61. The Morgan fingerprint density at radius 1 is 1.13 bits per heavy atom. The predicted molar refractivity (Wildman–Crippen MR) is 212 cm³/mol. The van der Waals surface area contributed by atoms with Gasteiger partial charge in [-0.15, -0.1) is 0 Å². The monoisotopic (exact) mass is 728 g/mol. The van der Waals surface area contributed by atoms with Crippen molar-refractivity contribution in [2.45, 2.75) is 112 Å². The van der Waals surface area contributed by atoms with Crippen molar-refractivity contribution in [1.82, 2.24) is 15.6 Å². The van der Waals surface area contributed by atoms with Crippen LogP contribution in [0.1, 0.15) is 115 Å². The lowest BCUT2D eigenvalue weighted by Gasteiger charge is -2.24. The van der Waals surface area contributed by atoms with Gasteiger partial charge in [-0.2, -0.15) is 0 Å². The maximum atomic E-state index is 13.1. The molecule has 4 N–H and O–H groups in total. The van der Waals surface area contributed by atoms with E-state index in [4.69, 9.17) is 20.2 Å². The highest BCUT2D eigenvalue weighted by molar-refractivity contribution is 5.96. The summed E-state index contributed by atoms with van der Waals surface area (Å²) in [6.45, 7) is 14.4. The highest BCUT2D eigenvalue weighted by Crippen LogP contribution is 2.40. The number of carbonyl (C=O) groups excluding carboxylic acids is 4. The number of allylic oxidation sites excluding steroid dienone is 3. The van der Waals surface area contributed by atoms with Crippen molar-refractivity contribution in [3.8, 4) is 17.6 Å². The minimum Gasteiger partial charge on any atom is -0.493 e. The van der Waals surface area contributed by atoms with Crippen molar-refractivity contribution in [2.24, 2.45) is 17.6 Å². The lowest BCUT2D eigenvalue weighted by atomic mass is 9.83. The smallest absolute Gasteiger partial charge is 0.242 e.